The van der Waals surface area contributed by atoms with Gasteiger partial charge in [-0.1, -0.05) is 20.8 Å². The summed E-state index contributed by atoms with van der Waals surface area (Å²) in [6.45, 7) is 17.4. The van der Waals surface area contributed by atoms with Crippen molar-refractivity contribution >= 4 is 0 Å². The van der Waals surface area contributed by atoms with E-state index >= 15 is 0 Å². The molecule has 2 heteroatoms. The van der Waals surface area contributed by atoms with Gasteiger partial charge in [-0.15, -0.1) is 0 Å². The molecule has 4 unspecified atom stereocenters. The second-order valence-corrected chi connectivity index (χ2v) is 9.36. The summed E-state index contributed by atoms with van der Waals surface area (Å²) in [6, 6.07) is 0. The number of hydrogen-bond acceptors (Lipinski definition) is 2. The number of hydrogen-bond donors (Lipinski definition) is 1. The van der Waals surface area contributed by atoms with E-state index in [1.165, 1.54) is 32.1 Å². The normalized spacial score (nSPS) is 36.1. The Labute approximate surface area is 132 Å². The van der Waals surface area contributed by atoms with Crippen LogP contribution in [0.4, 0.5) is 0 Å². The van der Waals surface area contributed by atoms with Crippen LogP contribution in [0.5, 0.6) is 0 Å². The minimum Gasteiger partial charge on any atom is -0.375 e. The lowest BCUT2D eigenvalue weighted by molar-refractivity contribution is -0.0827. The fraction of sp³-hybridized carbons (Fsp3) is 1.00. The van der Waals surface area contributed by atoms with Crippen LogP contribution in [0.25, 0.3) is 0 Å². The SMILES string of the molecule is CC(CCCNC(C)(C)C)OC1CC2CCC1(C)C2(C)C. The zero-order chi connectivity index (χ0) is 15.9. The zero-order valence-corrected chi connectivity index (χ0v) is 15.4. The van der Waals surface area contributed by atoms with Gasteiger partial charge in [0, 0.05) is 5.54 Å². The van der Waals surface area contributed by atoms with Crippen molar-refractivity contribution in [3.05, 3.63) is 0 Å². The van der Waals surface area contributed by atoms with Gasteiger partial charge in [-0.05, 0) is 83.1 Å². The van der Waals surface area contributed by atoms with Crippen molar-refractivity contribution in [3.8, 4) is 0 Å². The van der Waals surface area contributed by atoms with E-state index in [2.05, 4.69) is 53.8 Å². The molecule has 0 spiro atoms. The minimum absolute atomic E-state index is 0.228. The smallest absolute Gasteiger partial charge is 0.0640 e. The first-order chi connectivity index (χ1) is 9.56. The summed E-state index contributed by atoms with van der Waals surface area (Å²) in [5, 5.41) is 3.56. The van der Waals surface area contributed by atoms with Crippen LogP contribution in [-0.4, -0.2) is 24.3 Å². The van der Waals surface area contributed by atoms with Crippen LogP contribution in [0.3, 0.4) is 0 Å². The fourth-order valence-corrected chi connectivity index (χ4v) is 4.54. The lowest BCUT2D eigenvalue weighted by atomic mass is 9.70. The molecule has 2 bridgehead atoms. The zero-order valence-electron chi connectivity index (χ0n) is 15.4. The third-order valence-corrected chi connectivity index (χ3v) is 6.55. The van der Waals surface area contributed by atoms with E-state index in [1.807, 2.05) is 0 Å². The van der Waals surface area contributed by atoms with Crippen LogP contribution in [0.1, 0.15) is 80.6 Å². The lowest BCUT2D eigenvalue weighted by Gasteiger charge is -2.40. The standard InChI is InChI=1S/C19H37NO/c1-14(9-8-12-20-17(2,3)4)21-16-13-15-10-11-19(16,7)18(15,5)6/h14-16,20H,8-13H2,1-7H3. The van der Waals surface area contributed by atoms with Gasteiger partial charge in [0.1, 0.15) is 0 Å². The van der Waals surface area contributed by atoms with Crippen LogP contribution in [-0.2, 0) is 4.74 Å². The monoisotopic (exact) mass is 295 g/mol. The maximum atomic E-state index is 6.49. The van der Waals surface area contributed by atoms with Gasteiger partial charge in [0.05, 0.1) is 12.2 Å². The summed E-state index contributed by atoms with van der Waals surface area (Å²) in [5.74, 6) is 0.877. The van der Waals surface area contributed by atoms with Crippen LogP contribution >= 0.6 is 0 Å². The molecule has 2 saturated carbocycles. The highest BCUT2D eigenvalue weighted by molar-refractivity contribution is 5.11. The molecule has 0 aromatic heterocycles. The third-order valence-electron chi connectivity index (χ3n) is 6.55. The molecule has 0 heterocycles. The molecule has 124 valence electrons. The van der Waals surface area contributed by atoms with E-state index in [1.54, 1.807) is 0 Å². The van der Waals surface area contributed by atoms with Gasteiger partial charge < -0.3 is 10.1 Å². The first kappa shape index (κ1) is 17.3. The molecule has 0 saturated heterocycles. The molecule has 1 N–H and O–H groups in total. The molecule has 0 amide bonds. The highest BCUT2D eigenvalue weighted by atomic mass is 16.5. The summed E-state index contributed by atoms with van der Waals surface area (Å²) >= 11 is 0. The molecule has 2 aliphatic carbocycles. The van der Waals surface area contributed by atoms with E-state index in [9.17, 15) is 0 Å². The van der Waals surface area contributed by atoms with E-state index < -0.39 is 0 Å². The molecule has 0 aromatic carbocycles. The Kier molecular flexibility index (Phi) is 4.81. The molecule has 0 radical (unpaired) electrons. The topological polar surface area (TPSA) is 21.3 Å². The van der Waals surface area contributed by atoms with E-state index in [0.717, 1.165) is 12.5 Å². The molecule has 0 aliphatic heterocycles. The van der Waals surface area contributed by atoms with E-state index in [4.69, 9.17) is 4.74 Å². The maximum absolute atomic E-state index is 6.49. The quantitative estimate of drug-likeness (QED) is 0.712. The van der Waals surface area contributed by atoms with Gasteiger partial charge in [-0.25, -0.2) is 0 Å². The molecule has 2 fully saturated rings. The summed E-state index contributed by atoms with van der Waals surface area (Å²) in [7, 11) is 0. The Morgan fingerprint density at radius 3 is 2.38 bits per heavy atom. The Hall–Kier alpha value is -0.0800. The summed E-state index contributed by atoms with van der Waals surface area (Å²) in [4.78, 5) is 0. The highest BCUT2D eigenvalue weighted by Gasteiger charge is 2.62. The van der Waals surface area contributed by atoms with Gasteiger partial charge in [-0.2, -0.15) is 0 Å². The van der Waals surface area contributed by atoms with Crippen molar-refractivity contribution in [1.29, 1.82) is 0 Å². The van der Waals surface area contributed by atoms with Gasteiger partial charge in [-0.3, -0.25) is 0 Å². The number of ether oxygens (including phenoxy) is 1. The molecular weight excluding hydrogens is 258 g/mol. The van der Waals surface area contributed by atoms with Crippen LogP contribution < -0.4 is 5.32 Å². The fourth-order valence-electron chi connectivity index (χ4n) is 4.54. The van der Waals surface area contributed by atoms with Crippen molar-refractivity contribution in [2.24, 2.45) is 16.7 Å². The average molecular weight is 296 g/mol. The molecule has 4 atom stereocenters. The largest absolute Gasteiger partial charge is 0.375 e. The van der Waals surface area contributed by atoms with Gasteiger partial charge in [0.15, 0.2) is 0 Å². The summed E-state index contributed by atoms with van der Waals surface area (Å²) in [6.07, 6.45) is 7.30. The molecule has 2 aliphatic rings. The first-order valence-electron chi connectivity index (χ1n) is 8.97. The summed E-state index contributed by atoms with van der Waals surface area (Å²) < 4.78 is 6.49. The Morgan fingerprint density at radius 1 is 1.24 bits per heavy atom. The Balaban J connectivity index is 1.76. The second kappa shape index (κ2) is 5.85. The third kappa shape index (κ3) is 3.47. The number of nitrogens with one attached hydrogen (secondary N) is 1. The van der Waals surface area contributed by atoms with E-state index in [0.29, 0.717) is 23.0 Å². The van der Waals surface area contributed by atoms with Crippen LogP contribution in [0.2, 0.25) is 0 Å². The van der Waals surface area contributed by atoms with Crippen molar-refractivity contribution < 1.29 is 4.74 Å². The Bertz CT molecular complexity index is 357. The first-order valence-corrected chi connectivity index (χ1v) is 8.97. The summed E-state index contributed by atoms with van der Waals surface area (Å²) in [5.41, 5.74) is 1.09. The highest BCUT2D eigenvalue weighted by Crippen LogP contribution is 2.66. The maximum Gasteiger partial charge on any atom is 0.0640 e. The molecule has 2 nitrogen and oxygen atoms in total. The number of rotatable bonds is 6. The van der Waals surface area contributed by atoms with Crippen LogP contribution in [0.15, 0.2) is 0 Å². The van der Waals surface area contributed by atoms with E-state index in [-0.39, 0.29) is 5.54 Å². The molecule has 0 aromatic rings. The molecular formula is C19H37NO. The van der Waals surface area contributed by atoms with Gasteiger partial charge in [0.25, 0.3) is 0 Å². The predicted molar refractivity (Wildman–Crippen MR) is 90.6 cm³/mol. The van der Waals surface area contributed by atoms with Gasteiger partial charge >= 0.3 is 0 Å². The second-order valence-electron chi connectivity index (χ2n) is 9.36. The molecule has 2 rings (SSSR count). The number of fused-ring (bicyclic) bond motifs is 2. The van der Waals surface area contributed by atoms with Crippen LogP contribution in [0, 0.1) is 16.7 Å². The van der Waals surface area contributed by atoms with Crippen molar-refractivity contribution in [3.63, 3.8) is 0 Å². The van der Waals surface area contributed by atoms with Crippen molar-refractivity contribution in [1.82, 2.24) is 5.32 Å². The molecule has 21 heavy (non-hydrogen) atoms. The van der Waals surface area contributed by atoms with Gasteiger partial charge in [0.2, 0.25) is 0 Å². The minimum atomic E-state index is 0.228. The lowest BCUT2D eigenvalue weighted by Crippen LogP contribution is -2.39. The average Bonchev–Trinajstić information content (AvgIpc) is 2.66. The van der Waals surface area contributed by atoms with Crippen molar-refractivity contribution in [2.75, 3.05) is 6.54 Å². The van der Waals surface area contributed by atoms with Crippen molar-refractivity contribution in [2.45, 2.75) is 98.3 Å². The predicted octanol–water partition coefficient (Wildman–Crippen LogP) is 4.77. The Morgan fingerprint density at radius 2 is 1.90 bits per heavy atom.